The molecule has 0 aliphatic heterocycles. The predicted octanol–water partition coefficient (Wildman–Crippen LogP) is 0.154. The van der Waals surface area contributed by atoms with E-state index >= 15 is 0 Å². The minimum Gasteiger partial charge on any atom is -0.480 e. The molecule has 1 aromatic rings. The molecule has 2 N–H and O–H groups in total. The first-order chi connectivity index (χ1) is 8.45. The molecule has 0 saturated heterocycles. The largest absolute Gasteiger partial charge is 0.480 e. The van der Waals surface area contributed by atoms with E-state index in [4.69, 9.17) is 10.2 Å². The molecule has 0 unspecified atom stereocenters. The van der Waals surface area contributed by atoms with Gasteiger partial charge in [-0.05, 0) is 6.42 Å². The Morgan fingerprint density at radius 3 is 2.28 bits per heavy atom. The monoisotopic (exact) mass is 257 g/mol. The first-order valence-corrected chi connectivity index (χ1v) is 5.13. The second kappa shape index (κ2) is 5.89. The summed E-state index contributed by atoms with van der Waals surface area (Å²) in [5.41, 5.74) is 0.112. The first-order valence-electron chi connectivity index (χ1n) is 5.13. The summed E-state index contributed by atoms with van der Waals surface area (Å²) < 4.78 is 13.9. The third kappa shape index (κ3) is 3.37. The van der Waals surface area contributed by atoms with Gasteiger partial charge in [-0.1, -0.05) is 6.92 Å². The summed E-state index contributed by atoms with van der Waals surface area (Å²) in [5.74, 6) is -3.64. The summed E-state index contributed by atoms with van der Waals surface area (Å²) in [5, 5.41) is 17.4. The molecule has 8 heteroatoms. The molecule has 7 nitrogen and oxygen atoms in total. The maximum absolute atomic E-state index is 13.9. The number of nitrogens with zero attached hydrogens (tertiary/aromatic N) is 3. The molecule has 0 aliphatic carbocycles. The predicted molar refractivity (Wildman–Crippen MR) is 58.9 cm³/mol. The fourth-order valence-electron chi connectivity index (χ4n) is 1.39. The number of hydrogen-bond acceptors (Lipinski definition) is 5. The van der Waals surface area contributed by atoms with Crippen LogP contribution in [-0.4, -0.2) is 45.2 Å². The number of hydrogen-bond donors (Lipinski definition) is 2. The van der Waals surface area contributed by atoms with Gasteiger partial charge < -0.3 is 15.1 Å². The molecule has 0 aliphatic rings. The SMILES string of the molecule is CCc1ncnc(N(CC(=O)O)CC(=O)O)c1F. The lowest BCUT2D eigenvalue weighted by Crippen LogP contribution is -2.36. The van der Waals surface area contributed by atoms with Gasteiger partial charge in [0.05, 0.1) is 5.69 Å². The van der Waals surface area contributed by atoms with E-state index in [9.17, 15) is 14.0 Å². The molecule has 0 saturated carbocycles. The Bertz CT molecular complexity index is 450. The van der Waals surface area contributed by atoms with E-state index in [0.717, 1.165) is 11.2 Å². The van der Waals surface area contributed by atoms with Gasteiger partial charge in [0.2, 0.25) is 0 Å². The topological polar surface area (TPSA) is 104 Å². The second-order valence-corrected chi connectivity index (χ2v) is 3.46. The van der Waals surface area contributed by atoms with Crippen molar-refractivity contribution >= 4 is 17.8 Å². The Morgan fingerprint density at radius 2 is 1.83 bits per heavy atom. The molecule has 1 heterocycles. The number of carboxylic acid groups (broad SMARTS) is 2. The minimum absolute atomic E-state index is 0.112. The summed E-state index contributed by atoms with van der Waals surface area (Å²) >= 11 is 0. The summed E-state index contributed by atoms with van der Waals surface area (Å²) in [6.07, 6.45) is 1.38. The van der Waals surface area contributed by atoms with Crippen molar-refractivity contribution in [2.75, 3.05) is 18.0 Å². The molecule has 0 fully saturated rings. The van der Waals surface area contributed by atoms with E-state index in [-0.39, 0.29) is 11.5 Å². The normalized spacial score (nSPS) is 10.1. The maximum atomic E-state index is 13.9. The summed E-state index contributed by atoms with van der Waals surface area (Å²) in [7, 11) is 0. The molecule has 98 valence electrons. The molecular weight excluding hydrogens is 245 g/mol. The number of anilines is 1. The van der Waals surface area contributed by atoms with E-state index < -0.39 is 30.8 Å². The van der Waals surface area contributed by atoms with Gasteiger partial charge in [0.15, 0.2) is 11.6 Å². The zero-order chi connectivity index (χ0) is 13.7. The van der Waals surface area contributed by atoms with Crippen molar-refractivity contribution in [2.24, 2.45) is 0 Å². The lowest BCUT2D eigenvalue weighted by molar-refractivity contribution is -0.136. The van der Waals surface area contributed by atoms with Crippen molar-refractivity contribution in [3.05, 3.63) is 17.8 Å². The summed E-state index contributed by atoms with van der Waals surface area (Å²) in [6.45, 7) is 0.376. The van der Waals surface area contributed by atoms with Crippen LogP contribution in [0.5, 0.6) is 0 Å². The number of carbonyl (C=O) groups is 2. The van der Waals surface area contributed by atoms with Crippen LogP contribution >= 0.6 is 0 Å². The maximum Gasteiger partial charge on any atom is 0.323 e. The van der Waals surface area contributed by atoms with Crippen molar-refractivity contribution in [1.82, 2.24) is 9.97 Å². The van der Waals surface area contributed by atoms with Gasteiger partial charge in [-0.3, -0.25) is 9.59 Å². The van der Waals surface area contributed by atoms with Gasteiger partial charge in [-0.15, -0.1) is 0 Å². The van der Waals surface area contributed by atoms with Gasteiger partial charge in [0, 0.05) is 0 Å². The van der Waals surface area contributed by atoms with E-state index in [0.29, 0.717) is 6.42 Å². The Balaban J connectivity index is 3.11. The van der Waals surface area contributed by atoms with Gasteiger partial charge in [0.25, 0.3) is 0 Å². The van der Waals surface area contributed by atoms with E-state index in [1.165, 1.54) is 0 Å². The third-order valence-corrected chi connectivity index (χ3v) is 2.13. The van der Waals surface area contributed by atoms with Crippen molar-refractivity contribution in [1.29, 1.82) is 0 Å². The smallest absolute Gasteiger partial charge is 0.323 e. The Kier molecular flexibility index (Phi) is 4.52. The minimum atomic E-state index is -1.27. The zero-order valence-corrected chi connectivity index (χ0v) is 9.63. The Morgan fingerprint density at radius 1 is 1.28 bits per heavy atom. The second-order valence-electron chi connectivity index (χ2n) is 3.46. The number of aliphatic carboxylic acids is 2. The number of aryl methyl sites for hydroxylation is 1. The lowest BCUT2D eigenvalue weighted by Gasteiger charge is -2.20. The number of carboxylic acids is 2. The zero-order valence-electron chi connectivity index (χ0n) is 9.63. The average molecular weight is 257 g/mol. The fourth-order valence-corrected chi connectivity index (χ4v) is 1.39. The van der Waals surface area contributed by atoms with Crippen molar-refractivity contribution in [3.63, 3.8) is 0 Å². The first kappa shape index (κ1) is 13.8. The quantitative estimate of drug-likeness (QED) is 0.747. The molecule has 0 aromatic carbocycles. The van der Waals surface area contributed by atoms with Crippen LogP contribution in [0.15, 0.2) is 6.33 Å². The third-order valence-electron chi connectivity index (χ3n) is 2.13. The number of rotatable bonds is 6. The van der Waals surface area contributed by atoms with Crippen LogP contribution in [0.25, 0.3) is 0 Å². The van der Waals surface area contributed by atoms with E-state index in [1.54, 1.807) is 6.92 Å². The summed E-state index contributed by atoms with van der Waals surface area (Å²) in [4.78, 5) is 29.4. The molecule has 0 bridgehead atoms. The van der Waals surface area contributed by atoms with Crippen molar-refractivity contribution < 1.29 is 24.2 Å². The lowest BCUT2D eigenvalue weighted by atomic mass is 10.3. The van der Waals surface area contributed by atoms with Crippen LogP contribution in [-0.2, 0) is 16.0 Å². The fraction of sp³-hybridized carbons (Fsp3) is 0.400. The number of halogens is 1. The Hall–Kier alpha value is -2.25. The van der Waals surface area contributed by atoms with Crippen LogP contribution < -0.4 is 4.90 Å². The van der Waals surface area contributed by atoms with Crippen LogP contribution in [0.1, 0.15) is 12.6 Å². The van der Waals surface area contributed by atoms with Crippen molar-refractivity contribution in [3.8, 4) is 0 Å². The molecule has 0 atom stereocenters. The van der Waals surface area contributed by atoms with Crippen LogP contribution in [0.2, 0.25) is 0 Å². The highest BCUT2D eigenvalue weighted by Crippen LogP contribution is 2.17. The van der Waals surface area contributed by atoms with Crippen LogP contribution in [0.4, 0.5) is 10.2 Å². The number of aromatic nitrogens is 2. The molecule has 18 heavy (non-hydrogen) atoms. The molecule has 1 rings (SSSR count). The highest BCUT2D eigenvalue weighted by atomic mass is 19.1. The molecule has 0 amide bonds. The van der Waals surface area contributed by atoms with Crippen LogP contribution in [0.3, 0.4) is 0 Å². The van der Waals surface area contributed by atoms with Crippen molar-refractivity contribution in [2.45, 2.75) is 13.3 Å². The molecule has 1 aromatic heterocycles. The van der Waals surface area contributed by atoms with Gasteiger partial charge >= 0.3 is 11.9 Å². The Labute approximate surface area is 102 Å². The average Bonchev–Trinajstić information content (AvgIpc) is 2.27. The van der Waals surface area contributed by atoms with Gasteiger partial charge in [-0.2, -0.15) is 0 Å². The van der Waals surface area contributed by atoms with Gasteiger partial charge in [-0.25, -0.2) is 14.4 Å². The summed E-state index contributed by atoms with van der Waals surface area (Å²) in [6, 6.07) is 0. The van der Waals surface area contributed by atoms with Crippen LogP contribution in [0, 0.1) is 5.82 Å². The van der Waals surface area contributed by atoms with E-state index in [1.807, 2.05) is 0 Å². The molecule has 0 spiro atoms. The standard InChI is InChI=1S/C10H12FN3O4/c1-2-6-9(11)10(13-5-12-6)14(3-7(15)16)4-8(17)18/h5H,2-4H2,1H3,(H,15,16)(H,17,18). The van der Waals surface area contributed by atoms with E-state index in [2.05, 4.69) is 9.97 Å². The van der Waals surface area contributed by atoms with Gasteiger partial charge in [0.1, 0.15) is 19.4 Å². The highest BCUT2D eigenvalue weighted by molar-refractivity contribution is 5.78. The molecular formula is C10H12FN3O4. The molecule has 0 radical (unpaired) electrons. The highest BCUT2D eigenvalue weighted by Gasteiger charge is 2.21.